The van der Waals surface area contributed by atoms with Crippen LogP contribution in [0.2, 0.25) is 0 Å². The van der Waals surface area contributed by atoms with Crippen LogP contribution in [0.3, 0.4) is 0 Å². The molecule has 0 saturated carbocycles. The number of hydrogen-bond acceptors (Lipinski definition) is 8. The maximum atomic E-state index is 9.34. The molecule has 0 aromatic rings. The van der Waals surface area contributed by atoms with Gasteiger partial charge in [0.15, 0.2) is 0 Å². The third-order valence-corrected chi connectivity index (χ3v) is 0.682. The molecule has 0 aromatic heterocycles. The molecule has 0 heterocycles. The molecule has 0 aliphatic rings. The monoisotopic (exact) mass is 278 g/mol. The smallest absolute Gasteiger partial charge is 0.547 e. The SMILES string of the molecule is CC(O)C(=O)[O-].CC(O)C(=O)[O-].N.N.O.[Ti+4]. The number of carboxylic acid groups (broad SMARTS) is 2. The van der Waals surface area contributed by atoms with E-state index in [4.69, 9.17) is 10.2 Å². The van der Waals surface area contributed by atoms with Crippen molar-refractivity contribution in [2.24, 2.45) is 0 Å². The van der Waals surface area contributed by atoms with E-state index in [-0.39, 0.29) is 39.5 Å². The van der Waals surface area contributed by atoms with E-state index in [1.165, 1.54) is 0 Å². The summed E-state index contributed by atoms with van der Waals surface area (Å²) in [4.78, 5) is 18.7. The van der Waals surface area contributed by atoms with Crippen molar-refractivity contribution in [2.75, 3.05) is 0 Å². The van der Waals surface area contributed by atoms with Gasteiger partial charge >= 0.3 is 21.7 Å². The Kier molecular flexibility index (Phi) is 45.0. The summed E-state index contributed by atoms with van der Waals surface area (Å²) in [5.41, 5.74) is 0. The molecule has 2 atom stereocenters. The third kappa shape index (κ3) is 37.6. The predicted octanol–water partition coefficient (Wildman–Crippen LogP) is -4.27. The first-order valence-corrected chi connectivity index (χ1v) is 3.06. The van der Waals surface area contributed by atoms with E-state index in [1.807, 2.05) is 0 Å². The van der Waals surface area contributed by atoms with E-state index in [2.05, 4.69) is 0 Å². The van der Waals surface area contributed by atoms with Crippen LogP contribution in [0.4, 0.5) is 0 Å². The van der Waals surface area contributed by atoms with Gasteiger partial charge in [-0.15, -0.1) is 0 Å². The van der Waals surface area contributed by atoms with Crippen molar-refractivity contribution < 1.29 is 57.2 Å². The summed E-state index contributed by atoms with van der Waals surface area (Å²) in [6.45, 7) is 2.27. The van der Waals surface area contributed by atoms with E-state index < -0.39 is 24.1 Å². The number of aliphatic carboxylic acids is 2. The number of rotatable bonds is 2. The van der Waals surface area contributed by atoms with Crippen LogP contribution >= 0.6 is 0 Å². The number of carbonyl (C=O) groups is 2. The minimum absolute atomic E-state index is 0. The van der Waals surface area contributed by atoms with Gasteiger partial charge in [0.2, 0.25) is 0 Å². The molecule has 16 heavy (non-hydrogen) atoms. The second-order valence-electron chi connectivity index (χ2n) is 1.99. The summed E-state index contributed by atoms with van der Waals surface area (Å²) in [6, 6.07) is 0. The van der Waals surface area contributed by atoms with Gasteiger partial charge in [-0.05, 0) is 13.8 Å². The van der Waals surface area contributed by atoms with Crippen LogP contribution in [0, 0.1) is 0 Å². The Morgan fingerprint density at radius 2 is 1.00 bits per heavy atom. The van der Waals surface area contributed by atoms with Crippen molar-refractivity contribution >= 4 is 11.9 Å². The van der Waals surface area contributed by atoms with Crippen LogP contribution < -0.4 is 22.5 Å². The number of aliphatic hydroxyl groups is 2. The largest absolute Gasteiger partial charge is 4.00 e. The Labute approximate surface area is 108 Å². The summed E-state index contributed by atoms with van der Waals surface area (Å²) >= 11 is 0. The van der Waals surface area contributed by atoms with E-state index in [9.17, 15) is 19.8 Å². The van der Waals surface area contributed by atoms with Crippen LogP contribution in [0.5, 0.6) is 0 Å². The average molecular weight is 278 g/mol. The fourth-order valence-electron chi connectivity index (χ4n) is 0. The van der Waals surface area contributed by atoms with Crippen molar-refractivity contribution in [1.29, 1.82) is 0 Å². The molecule has 0 aromatic carbocycles. The molecule has 0 saturated heterocycles. The number of carboxylic acids is 2. The molecule has 0 radical (unpaired) electrons. The standard InChI is InChI=1S/2C3H6O3.2H3N.H2O.Ti/c2*1-2(4)3(5)6;;;;/h2*2,4H,1H3,(H,5,6);2*1H3;1H2;/q;;;;;+4/p-2. The van der Waals surface area contributed by atoms with Crippen molar-refractivity contribution in [3.05, 3.63) is 0 Å². The van der Waals surface area contributed by atoms with Gasteiger partial charge < -0.3 is 47.8 Å². The van der Waals surface area contributed by atoms with Crippen LogP contribution in [-0.4, -0.2) is 39.8 Å². The molecule has 0 aliphatic heterocycles. The quantitative estimate of drug-likeness (QED) is 0.361. The maximum absolute atomic E-state index is 9.34. The first kappa shape index (κ1) is 36.1. The molecule has 0 fully saturated rings. The van der Waals surface area contributed by atoms with Crippen molar-refractivity contribution in [2.45, 2.75) is 26.1 Å². The Bertz CT molecular complexity index is 147. The maximum Gasteiger partial charge on any atom is 4.00 e. The summed E-state index contributed by atoms with van der Waals surface area (Å²) in [5.74, 6) is -2.87. The first-order chi connectivity index (χ1) is 5.29. The van der Waals surface area contributed by atoms with E-state index >= 15 is 0 Å². The minimum atomic E-state index is -1.44. The average Bonchev–Trinajstić information content (AvgIpc) is 1.88. The molecular weight excluding hydrogens is 260 g/mol. The topological polar surface area (TPSA) is 222 Å². The zero-order valence-corrected chi connectivity index (χ0v) is 10.7. The Morgan fingerprint density at radius 3 is 1.00 bits per heavy atom. The van der Waals surface area contributed by atoms with Crippen LogP contribution in [0.15, 0.2) is 0 Å². The molecule has 0 amide bonds. The molecule has 0 aliphatic carbocycles. The van der Waals surface area contributed by atoms with Gasteiger partial charge in [-0.25, -0.2) is 0 Å². The molecule has 10 heteroatoms. The summed E-state index contributed by atoms with van der Waals surface area (Å²) in [6.07, 6.45) is -2.69. The van der Waals surface area contributed by atoms with Gasteiger partial charge in [-0.2, -0.15) is 0 Å². The Balaban J connectivity index is -0.0000000250. The van der Waals surface area contributed by atoms with Gasteiger partial charge in [0.05, 0.1) is 24.1 Å². The summed E-state index contributed by atoms with van der Waals surface area (Å²) in [5, 5.41) is 34.6. The number of carbonyl (C=O) groups excluding carboxylic acids is 2. The van der Waals surface area contributed by atoms with Crippen LogP contribution in [0.25, 0.3) is 0 Å². The van der Waals surface area contributed by atoms with Crippen LogP contribution in [0.1, 0.15) is 13.8 Å². The van der Waals surface area contributed by atoms with E-state index in [0.717, 1.165) is 13.8 Å². The molecule has 10 N–H and O–H groups in total. The fraction of sp³-hybridized carbons (Fsp3) is 0.667. The molecule has 0 spiro atoms. The second kappa shape index (κ2) is 19.9. The van der Waals surface area contributed by atoms with Crippen molar-refractivity contribution in [3.63, 3.8) is 0 Å². The molecule has 2 unspecified atom stereocenters. The van der Waals surface area contributed by atoms with Gasteiger partial charge in [0.1, 0.15) is 0 Å². The zero-order chi connectivity index (χ0) is 10.3. The fourth-order valence-corrected chi connectivity index (χ4v) is 0. The predicted molar refractivity (Wildman–Crippen MR) is 47.0 cm³/mol. The van der Waals surface area contributed by atoms with Crippen LogP contribution in [-0.2, 0) is 31.3 Å². The molecule has 0 bridgehead atoms. The molecule has 0 rings (SSSR count). The molecule has 9 nitrogen and oxygen atoms in total. The minimum Gasteiger partial charge on any atom is -0.547 e. The van der Waals surface area contributed by atoms with Gasteiger partial charge in [0.25, 0.3) is 0 Å². The Morgan fingerprint density at radius 1 is 0.938 bits per heavy atom. The van der Waals surface area contributed by atoms with Gasteiger partial charge in [-0.1, -0.05) is 0 Å². The second-order valence-corrected chi connectivity index (χ2v) is 1.99. The Hall–Kier alpha value is -0.546. The van der Waals surface area contributed by atoms with Gasteiger partial charge in [-0.3, -0.25) is 0 Å². The van der Waals surface area contributed by atoms with Crippen molar-refractivity contribution in [1.82, 2.24) is 12.3 Å². The van der Waals surface area contributed by atoms with E-state index in [1.54, 1.807) is 0 Å². The number of hydrogen-bond donors (Lipinski definition) is 4. The van der Waals surface area contributed by atoms with E-state index in [0.29, 0.717) is 0 Å². The third-order valence-electron chi connectivity index (χ3n) is 0.682. The first-order valence-electron chi connectivity index (χ1n) is 3.06. The zero-order valence-electron chi connectivity index (χ0n) is 9.10. The van der Waals surface area contributed by atoms with Gasteiger partial charge in [0, 0.05) is 0 Å². The normalized spacial score (nSPS) is 10.2. The molecule has 96 valence electrons. The number of aliphatic hydroxyl groups excluding tert-OH is 2. The molecular formula is C6H18N2O7Ti+2. The summed E-state index contributed by atoms with van der Waals surface area (Å²) < 4.78 is 0. The summed E-state index contributed by atoms with van der Waals surface area (Å²) in [7, 11) is 0. The van der Waals surface area contributed by atoms with Crippen molar-refractivity contribution in [3.8, 4) is 0 Å².